The lowest BCUT2D eigenvalue weighted by atomic mass is 10.0. The summed E-state index contributed by atoms with van der Waals surface area (Å²) in [6.45, 7) is 6.02. The second-order valence-corrected chi connectivity index (χ2v) is 7.61. The highest BCUT2D eigenvalue weighted by Gasteiger charge is 2.33. The number of carbonyl (C=O) groups excluding carboxylic acids is 1. The van der Waals surface area contributed by atoms with E-state index in [-0.39, 0.29) is 5.91 Å². The molecule has 0 N–H and O–H groups in total. The van der Waals surface area contributed by atoms with Gasteiger partial charge in [-0.1, -0.05) is 62.4 Å². The molecule has 1 saturated heterocycles. The maximum absolute atomic E-state index is 13.4. The van der Waals surface area contributed by atoms with Crippen LogP contribution in [0, 0.1) is 5.92 Å². The number of nitrogens with zero attached hydrogens (tertiary/aromatic N) is 2. The Bertz CT molecular complexity index is 910. The zero-order valence-corrected chi connectivity index (χ0v) is 15.6. The third kappa shape index (κ3) is 3.03. The second-order valence-electron chi connectivity index (χ2n) is 7.61. The summed E-state index contributed by atoms with van der Waals surface area (Å²) in [5.74, 6) is 0.668. The quantitative estimate of drug-likeness (QED) is 0.656. The van der Waals surface area contributed by atoms with E-state index in [0.717, 1.165) is 42.5 Å². The summed E-state index contributed by atoms with van der Waals surface area (Å²) < 4.78 is 2.18. The molecule has 3 aromatic rings. The number of hydrogen-bond donors (Lipinski definition) is 0. The Morgan fingerprint density at radius 3 is 2.58 bits per heavy atom. The SMILES string of the molecule is CC(C)[C@H]1CCCN1C(=O)c1cc2ccccc2n1Cc1ccccc1. The number of amides is 1. The topological polar surface area (TPSA) is 25.2 Å². The molecule has 1 atom stereocenters. The molecule has 0 aliphatic carbocycles. The van der Waals surface area contributed by atoms with E-state index in [1.165, 1.54) is 5.56 Å². The molecule has 3 heteroatoms. The molecule has 2 heterocycles. The average molecular weight is 346 g/mol. The van der Waals surface area contributed by atoms with Crippen molar-refractivity contribution in [2.45, 2.75) is 39.3 Å². The summed E-state index contributed by atoms with van der Waals surface area (Å²) in [7, 11) is 0. The average Bonchev–Trinajstić information content (AvgIpc) is 3.28. The molecule has 1 aromatic heterocycles. The lowest BCUT2D eigenvalue weighted by molar-refractivity contribution is 0.0691. The number of aromatic nitrogens is 1. The Hall–Kier alpha value is -2.55. The van der Waals surface area contributed by atoms with Crippen LogP contribution in [-0.4, -0.2) is 28.0 Å². The minimum absolute atomic E-state index is 0.174. The summed E-state index contributed by atoms with van der Waals surface area (Å²) in [6, 6.07) is 21.1. The van der Waals surface area contributed by atoms with Crippen LogP contribution >= 0.6 is 0 Å². The first-order valence-electron chi connectivity index (χ1n) is 9.58. The standard InChI is InChI=1S/C23H26N2O/c1-17(2)20-13-8-14-24(20)23(26)22-15-19-11-6-7-12-21(19)25(22)16-18-9-4-3-5-10-18/h3-7,9-12,15,17,20H,8,13-14,16H2,1-2H3/t20-/m1/s1. The van der Waals surface area contributed by atoms with Gasteiger partial charge in [0.1, 0.15) is 5.69 Å². The smallest absolute Gasteiger partial charge is 0.270 e. The van der Waals surface area contributed by atoms with Gasteiger partial charge in [-0.25, -0.2) is 0 Å². The van der Waals surface area contributed by atoms with Crippen molar-refractivity contribution < 1.29 is 4.79 Å². The van der Waals surface area contributed by atoms with Gasteiger partial charge in [-0.2, -0.15) is 0 Å². The number of hydrogen-bond acceptors (Lipinski definition) is 1. The number of benzene rings is 2. The molecule has 3 nitrogen and oxygen atoms in total. The van der Waals surface area contributed by atoms with Gasteiger partial charge in [0.15, 0.2) is 0 Å². The molecule has 134 valence electrons. The Kier molecular flexibility index (Phi) is 4.54. The van der Waals surface area contributed by atoms with Gasteiger partial charge in [0.25, 0.3) is 5.91 Å². The van der Waals surface area contributed by atoms with Crippen molar-refractivity contribution >= 4 is 16.8 Å². The van der Waals surface area contributed by atoms with E-state index in [4.69, 9.17) is 0 Å². The van der Waals surface area contributed by atoms with E-state index in [0.29, 0.717) is 12.0 Å². The van der Waals surface area contributed by atoms with E-state index < -0.39 is 0 Å². The summed E-state index contributed by atoms with van der Waals surface area (Å²) in [4.78, 5) is 15.5. The van der Waals surface area contributed by atoms with Crippen molar-refractivity contribution in [3.63, 3.8) is 0 Å². The molecule has 1 aliphatic heterocycles. The highest BCUT2D eigenvalue weighted by Crippen LogP contribution is 2.28. The van der Waals surface area contributed by atoms with Crippen molar-refractivity contribution in [1.29, 1.82) is 0 Å². The fourth-order valence-electron chi connectivity index (χ4n) is 4.21. The molecule has 26 heavy (non-hydrogen) atoms. The van der Waals surface area contributed by atoms with Gasteiger partial charge >= 0.3 is 0 Å². The highest BCUT2D eigenvalue weighted by molar-refractivity contribution is 5.99. The third-order valence-electron chi connectivity index (χ3n) is 5.54. The summed E-state index contributed by atoms with van der Waals surface area (Å²) in [5.41, 5.74) is 3.15. The molecule has 0 bridgehead atoms. The molecular formula is C23H26N2O. The first-order valence-corrected chi connectivity index (χ1v) is 9.58. The first kappa shape index (κ1) is 16.9. The van der Waals surface area contributed by atoms with E-state index in [9.17, 15) is 4.79 Å². The van der Waals surface area contributed by atoms with Crippen molar-refractivity contribution in [3.05, 3.63) is 71.9 Å². The van der Waals surface area contributed by atoms with Crippen LogP contribution in [0.4, 0.5) is 0 Å². The van der Waals surface area contributed by atoms with Crippen LogP contribution in [0.2, 0.25) is 0 Å². The van der Waals surface area contributed by atoms with Crippen LogP contribution in [0.3, 0.4) is 0 Å². The lowest BCUT2D eigenvalue weighted by Gasteiger charge is -2.28. The van der Waals surface area contributed by atoms with Gasteiger partial charge in [0, 0.05) is 30.0 Å². The number of fused-ring (bicyclic) bond motifs is 1. The first-order chi connectivity index (χ1) is 12.6. The molecule has 0 spiro atoms. The van der Waals surface area contributed by atoms with Crippen LogP contribution in [0.1, 0.15) is 42.7 Å². The predicted molar refractivity (Wildman–Crippen MR) is 106 cm³/mol. The molecule has 1 amide bonds. The monoisotopic (exact) mass is 346 g/mol. The van der Waals surface area contributed by atoms with Crippen LogP contribution < -0.4 is 0 Å². The Balaban J connectivity index is 1.77. The summed E-state index contributed by atoms with van der Waals surface area (Å²) in [5, 5.41) is 1.13. The minimum Gasteiger partial charge on any atom is -0.334 e. The van der Waals surface area contributed by atoms with Gasteiger partial charge in [0.05, 0.1) is 0 Å². The third-order valence-corrected chi connectivity index (χ3v) is 5.54. The zero-order valence-electron chi connectivity index (χ0n) is 15.6. The van der Waals surface area contributed by atoms with Gasteiger partial charge in [-0.05, 0) is 36.5 Å². The number of likely N-dealkylation sites (tertiary alicyclic amines) is 1. The summed E-state index contributed by atoms with van der Waals surface area (Å²) in [6.07, 6.45) is 2.22. The van der Waals surface area contributed by atoms with Crippen LogP contribution in [0.15, 0.2) is 60.7 Å². The maximum Gasteiger partial charge on any atom is 0.270 e. The van der Waals surface area contributed by atoms with Crippen molar-refractivity contribution in [2.75, 3.05) is 6.54 Å². The number of carbonyl (C=O) groups is 1. The Morgan fingerprint density at radius 2 is 1.81 bits per heavy atom. The normalized spacial score (nSPS) is 17.3. The minimum atomic E-state index is 0.174. The number of rotatable bonds is 4. The van der Waals surface area contributed by atoms with Crippen LogP contribution in [0.25, 0.3) is 10.9 Å². The largest absolute Gasteiger partial charge is 0.334 e. The second kappa shape index (κ2) is 6.99. The molecule has 0 radical (unpaired) electrons. The van der Waals surface area contributed by atoms with Crippen molar-refractivity contribution in [2.24, 2.45) is 5.92 Å². The molecular weight excluding hydrogens is 320 g/mol. The van der Waals surface area contributed by atoms with Gasteiger partial charge in [0.2, 0.25) is 0 Å². The van der Waals surface area contributed by atoms with E-state index in [2.05, 4.69) is 65.8 Å². The molecule has 4 rings (SSSR count). The Morgan fingerprint density at radius 1 is 1.08 bits per heavy atom. The lowest BCUT2D eigenvalue weighted by Crippen LogP contribution is -2.39. The predicted octanol–water partition coefficient (Wildman–Crippen LogP) is 4.95. The van der Waals surface area contributed by atoms with Gasteiger partial charge in [-0.15, -0.1) is 0 Å². The van der Waals surface area contributed by atoms with Crippen molar-refractivity contribution in [3.8, 4) is 0 Å². The molecule has 0 saturated carbocycles. The maximum atomic E-state index is 13.4. The highest BCUT2D eigenvalue weighted by atomic mass is 16.2. The molecule has 1 fully saturated rings. The Labute approximate surface area is 155 Å². The molecule has 0 unspecified atom stereocenters. The summed E-state index contributed by atoms with van der Waals surface area (Å²) >= 11 is 0. The zero-order chi connectivity index (χ0) is 18.1. The number of para-hydroxylation sites is 1. The van der Waals surface area contributed by atoms with E-state index in [1.54, 1.807) is 0 Å². The molecule has 2 aromatic carbocycles. The molecule has 1 aliphatic rings. The van der Waals surface area contributed by atoms with Gasteiger partial charge in [-0.3, -0.25) is 4.79 Å². The van der Waals surface area contributed by atoms with Crippen molar-refractivity contribution in [1.82, 2.24) is 9.47 Å². The van der Waals surface area contributed by atoms with Crippen LogP contribution in [-0.2, 0) is 6.54 Å². The van der Waals surface area contributed by atoms with Gasteiger partial charge < -0.3 is 9.47 Å². The fraction of sp³-hybridized carbons (Fsp3) is 0.348. The van der Waals surface area contributed by atoms with E-state index in [1.807, 2.05) is 18.2 Å². The van der Waals surface area contributed by atoms with Crippen LogP contribution in [0.5, 0.6) is 0 Å². The fourth-order valence-corrected chi connectivity index (χ4v) is 4.21. The van der Waals surface area contributed by atoms with E-state index >= 15 is 0 Å².